The van der Waals surface area contributed by atoms with Gasteiger partial charge in [0.1, 0.15) is 5.69 Å². The fourth-order valence-corrected chi connectivity index (χ4v) is 3.92. The second kappa shape index (κ2) is 9.95. The molecule has 2 N–H and O–H groups in total. The summed E-state index contributed by atoms with van der Waals surface area (Å²) in [4.78, 5) is 36.7. The molecule has 0 aliphatic carbocycles. The Morgan fingerprint density at radius 2 is 1.73 bits per heavy atom. The Balaban J connectivity index is 1.42. The monoisotopic (exact) mass is 444 g/mol. The molecule has 3 amide bonds. The number of rotatable bonds is 7. The van der Waals surface area contributed by atoms with Crippen molar-refractivity contribution in [2.75, 3.05) is 11.9 Å². The number of hydrogen-bond donors (Lipinski definition) is 2. The van der Waals surface area contributed by atoms with Crippen molar-refractivity contribution in [2.24, 2.45) is 0 Å². The molecule has 1 aliphatic rings. The fraction of sp³-hybridized carbons (Fsp3) is 0.200. The van der Waals surface area contributed by atoms with Crippen LogP contribution in [0.15, 0.2) is 72.8 Å². The Labute approximate surface area is 191 Å². The molecule has 1 fully saturated rings. The number of carbonyl (C=O) groups is 2. The zero-order chi connectivity index (χ0) is 23.2. The van der Waals surface area contributed by atoms with Crippen LogP contribution in [0.4, 0.5) is 16.2 Å². The van der Waals surface area contributed by atoms with Crippen molar-refractivity contribution in [2.45, 2.75) is 25.9 Å². The van der Waals surface area contributed by atoms with Gasteiger partial charge in [0, 0.05) is 32.1 Å². The largest absolute Gasteiger partial charge is 0.338 e. The number of para-hydroxylation sites is 2. The molecule has 1 saturated heterocycles. The third-order valence-corrected chi connectivity index (χ3v) is 5.62. The second-order valence-corrected chi connectivity index (χ2v) is 7.85. The molecular weight excluding hydrogens is 420 g/mol. The van der Waals surface area contributed by atoms with Crippen molar-refractivity contribution in [3.8, 4) is 11.1 Å². The number of nitrogens with zero attached hydrogens (tertiary/aromatic N) is 2. The summed E-state index contributed by atoms with van der Waals surface area (Å²) in [5.74, 6) is 0.203. The van der Waals surface area contributed by atoms with E-state index in [0.29, 0.717) is 13.0 Å². The van der Waals surface area contributed by atoms with Gasteiger partial charge in [0.2, 0.25) is 5.91 Å². The lowest BCUT2D eigenvalue weighted by atomic mass is 9.98. The number of benzene rings is 3. The number of nitro groups is 1. The normalized spacial score (nSPS) is 13.1. The van der Waals surface area contributed by atoms with E-state index in [1.54, 1.807) is 12.1 Å². The molecule has 168 valence electrons. The highest BCUT2D eigenvalue weighted by Crippen LogP contribution is 2.26. The molecule has 0 radical (unpaired) electrons. The van der Waals surface area contributed by atoms with E-state index in [2.05, 4.69) is 10.6 Å². The maximum Gasteiger partial charge on any atom is 0.319 e. The van der Waals surface area contributed by atoms with E-state index in [1.165, 1.54) is 12.1 Å². The van der Waals surface area contributed by atoms with Crippen LogP contribution in [0.1, 0.15) is 24.0 Å². The van der Waals surface area contributed by atoms with Crippen molar-refractivity contribution >= 4 is 23.3 Å². The first-order chi connectivity index (χ1) is 16.0. The molecule has 0 aromatic heterocycles. The van der Waals surface area contributed by atoms with Crippen LogP contribution in [0.5, 0.6) is 0 Å². The summed E-state index contributed by atoms with van der Waals surface area (Å²) in [6, 6.07) is 21.3. The van der Waals surface area contributed by atoms with Gasteiger partial charge in [0.25, 0.3) is 5.69 Å². The van der Waals surface area contributed by atoms with Crippen molar-refractivity contribution in [1.82, 2.24) is 10.2 Å². The summed E-state index contributed by atoms with van der Waals surface area (Å²) in [7, 11) is 0. The molecule has 8 heteroatoms. The molecule has 4 rings (SSSR count). The average Bonchev–Trinajstić information content (AvgIpc) is 3.23. The Hall–Kier alpha value is -4.20. The first-order valence-corrected chi connectivity index (χ1v) is 10.7. The van der Waals surface area contributed by atoms with Gasteiger partial charge in [-0.05, 0) is 34.7 Å². The zero-order valence-corrected chi connectivity index (χ0v) is 18.0. The van der Waals surface area contributed by atoms with Gasteiger partial charge in [0.15, 0.2) is 0 Å². The molecule has 3 aromatic rings. The molecule has 3 aromatic carbocycles. The Morgan fingerprint density at radius 3 is 2.45 bits per heavy atom. The van der Waals surface area contributed by atoms with Crippen LogP contribution in [-0.2, 0) is 17.9 Å². The molecule has 0 bridgehead atoms. The molecule has 0 unspecified atom stereocenters. The van der Waals surface area contributed by atoms with E-state index in [-0.39, 0.29) is 23.8 Å². The van der Waals surface area contributed by atoms with Crippen LogP contribution < -0.4 is 10.6 Å². The third kappa shape index (κ3) is 5.35. The van der Waals surface area contributed by atoms with E-state index in [0.717, 1.165) is 35.2 Å². The standard InChI is InChI=1S/C25H24N4O4/c30-24-10-5-15-28(24)17-18-11-13-19(14-12-18)21-7-2-1-6-20(21)16-26-25(31)27-22-8-3-4-9-23(22)29(32)33/h1-4,6-9,11-14H,5,10,15-17H2,(H2,26,27,31). The van der Waals surface area contributed by atoms with Gasteiger partial charge in [-0.15, -0.1) is 0 Å². The van der Waals surface area contributed by atoms with Gasteiger partial charge in [0.05, 0.1) is 4.92 Å². The molecule has 0 atom stereocenters. The van der Waals surface area contributed by atoms with Crippen molar-refractivity contribution in [1.29, 1.82) is 0 Å². The Bertz CT molecular complexity index is 1180. The van der Waals surface area contributed by atoms with E-state index in [1.807, 2.05) is 53.4 Å². The average molecular weight is 444 g/mol. The fourth-order valence-electron chi connectivity index (χ4n) is 3.92. The predicted molar refractivity (Wildman–Crippen MR) is 125 cm³/mol. The maximum atomic E-state index is 12.4. The number of nitro benzene ring substituents is 1. The van der Waals surface area contributed by atoms with Crippen molar-refractivity contribution in [3.05, 3.63) is 94.0 Å². The van der Waals surface area contributed by atoms with E-state index in [9.17, 15) is 19.7 Å². The molecule has 1 aliphatic heterocycles. The lowest BCUT2D eigenvalue weighted by Crippen LogP contribution is -2.28. The summed E-state index contributed by atoms with van der Waals surface area (Å²) in [6.45, 7) is 1.68. The highest BCUT2D eigenvalue weighted by molar-refractivity contribution is 5.91. The van der Waals surface area contributed by atoms with Gasteiger partial charge < -0.3 is 15.5 Å². The Kier molecular flexibility index (Phi) is 6.64. The number of nitrogens with one attached hydrogen (secondary N) is 2. The summed E-state index contributed by atoms with van der Waals surface area (Å²) >= 11 is 0. The minimum absolute atomic E-state index is 0.139. The van der Waals surface area contributed by atoms with Crippen LogP contribution in [0, 0.1) is 10.1 Å². The first kappa shape index (κ1) is 22.0. The van der Waals surface area contributed by atoms with Crippen LogP contribution in [0.2, 0.25) is 0 Å². The van der Waals surface area contributed by atoms with Gasteiger partial charge >= 0.3 is 6.03 Å². The van der Waals surface area contributed by atoms with E-state index >= 15 is 0 Å². The van der Waals surface area contributed by atoms with Gasteiger partial charge in [-0.2, -0.15) is 0 Å². The summed E-state index contributed by atoms with van der Waals surface area (Å²) < 4.78 is 0. The SMILES string of the molecule is O=C(NCc1ccccc1-c1ccc(CN2CCCC2=O)cc1)Nc1ccccc1[N+](=O)[O-]. The van der Waals surface area contributed by atoms with Gasteiger partial charge in [-0.3, -0.25) is 14.9 Å². The lowest BCUT2D eigenvalue weighted by molar-refractivity contribution is -0.383. The number of anilines is 1. The van der Waals surface area contributed by atoms with Crippen LogP contribution >= 0.6 is 0 Å². The minimum Gasteiger partial charge on any atom is -0.338 e. The van der Waals surface area contributed by atoms with E-state index < -0.39 is 11.0 Å². The molecular formula is C25H24N4O4. The summed E-state index contributed by atoms with van der Waals surface area (Å²) in [5.41, 5.74) is 3.95. The van der Waals surface area contributed by atoms with Gasteiger partial charge in [-0.25, -0.2) is 4.79 Å². The van der Waals surface area contributed by atoms with Crippen LogP contribution in [-0.4, -0.2) is 28.3 Å². The topological polar surface area (TPSA) is 105 Å². The molecule has 33 heavy (non-hydrogen) atoms. The van der Waals surface area contributed by atoms with E-state index in [4.69, 9.17) is 0 Å². The quantitative estimate of drug-likeness (QED) is 0.407. The number of likely N-dealkylation sites (tertiary alicyclic amines) is 1. The Morgan fingerprint density at radius 1 is 1.00 bits per heavy atom. The first-order valence-electron chi connectivity index (χ1n) is 10.7. The van der Waals surface area contributed by atoms with Crippen LogP contribution in [0.25, 0.3) is 11.1 Å². The zero-order valence-electron chi connectivity index (χ0n) is 18.0. The number of urea groups is 1. The lowest BCUT2D eigenvalue weighted by Gasteiger charge is -2.16. The van der Waals surface area contributed by atoms with Crippen molar-refractivity contribution < 1.29 is 14.5 Å². The van der Waals surface area contributed by atoms with Gasteiger partial charge in [-0.1, -0.05) is 60.7 Å². The summed E-state index contributed by atoms with van der Waals surface area (Å²) in [6.07, 6.45) is 1.55. The predicted octanol–water partition coefficient (Wildman–Crippen LogP) is 4.71. The molecule has 1 heterocycles. The number of hydrogen-bond acceptors (Lipinski definition) is 4. The second-order valence-electron chi connectivity index (χ2n) is 7.85. The number of carbonyl (C=O) groups excluding carboxylic acids is 2. The van der Waals surface area contributed by atoms with Crippen molar-refractivity contribution in [3.63, 3.8) is 0 Å². The highest BCUT2D eigenvalue weighted by atomic mass is 16.6. The highest BCUT2D eigenvalue weighted by Gasteiger charge is 2.20. The van der Waals surface area contributed by atoms with Crippen LogP contribution in [0.3, 0.4) is 0 Å². The smallest absolute Gasteiger partial charge is 0.319 e. The third-order valence-electron chi connectivity index (χ3n) is 5.62. The summed E-state index contributed by atoms with van der Waals surface area (Å²) in [5, 5.41) is 16.4. The minimum atomic E-state index is -0.534. The molecule has 0 spiro atoms. The molecule has 0 saturated carbocycles. The maximum absolute atomic E-state index is 12.4. The number of amides is 3. The molecule has 8 nitrogen and oxygen atoms in total.